The van der Waals surface area contributed by atoms with Crippen molar-refractivity contribution in [2.45, 2.75) is 13.5 Å². The SMILES string of the molecule is COc1ccc2nc(C)cc(OCc3ccc(Br)c(Cl)c3)c2c1. The van der Waals surface area contributed by atoms with Gasteiger partial charge in [-0.15, -0.1) is 0 Å². The Kier molecular flexibility index (Phi) is 4.74. The molecule has 0 amide bonds. The standard InChI is InChI=1S/C18H15BrClNO2/c1-11-7-18(14-9-13(22-2)4-6-17(14)21-11)23-10-12-3-5-15(19)16(20)8-12/h3-9H,10H2,1-2H3. The largest absolute Gasteiger partial charge is 0.497 e. The summed E-state index contributed by atoms with van der Waals surface area (Å²) < 4.78 is 12.2. The van der Waals surface area contributed by atoms with Gasteiger partial charge in [0.05, 0.1) is 17.6 Å². The van der Waals surface area contributed by atoms with Gasteiger partial charge in [-0.1, -0.05) is 17.7 Å². The van der Waals surface area contributed by atoms with Crippen molar-refractivity contribution in [1.82, 2.24) is 4.98 Å². The molecular formula is C18H15BrClNO2. The first-order valence-electron chi connectivity index (χ1n) is 7.09. The molecular weight excluding hydrogens is 378 g/mol. The molecule has 0 saturated carbocycles. The third kappa shape index (κ3) is 3.59. The molecule has 5 heteroatoms. The highest BCUT2D eigenvalue weighted by Gasteiger charge is 2.08. The number of benzene rings is 2. The van der Waals surface area contributed by atoms with Gasteiger partial charge >= 0.3 is 0 Å². The maximum absolute atomic E-state index is 6.13. The molecule has 0 spiro atoms. The second kappa shape index (κ2) is 6.77. The van der Waals surface area contributed by atoms with E-state index in [0.29, 0.717) is 11.6 Å². The normalized spacial score (nSPS) is 10.8. The fourth-order valence-corrected chi connectivity index (χ4v) is 2.79. The van der Waals surface area contributed by atoms with E-state index in [9.17, 15) is 0 Å². The number of pyridine rings is 1. The van der Waals surface area contributed by atoms with Crippen LogP contribution in [0, 0.1) is 6.92 Å². The van der Waals surface area contributed by atoms with Crippen LogP contribution >= 0.6 is 27.5 Å². The number of hydrogen-bond donors (Lipinski definition) is 0. The smallest absolute Gasteiger partial charge is 0.131 e. The molecule has 0 atom stereocenters. The second-order valence-electron chi connectivity index (χ2n) is 5.18. The zero-order valence-electron chi connectivity index (χ0n) is 12.8. The van der Waals surface area contributed by atoms with Crippen molar-refractivity contribution in [2.75, 3.05) is 7.11 Å². The number of hydrogen-bond acceptors (Lipinski definition) is 3. The topological polar surface area (TPSA) is 31.4 Å². The van der Waals surface area contributed by atoms with Crippen molar-refractivity contribution >= 4 is 38.4 Å². The summed E-state index contributed by atoms with van der Waals surface area (Å²) in [6, 6.07) is 13.5. The van der Waals surface area contributed by atoms with Crippen molar-refractivity contribution in [3.05, 3.63) is 63.2 Å². The highest BCUT2D eigenvalue weighted by Crippen LogP contribution is 2.30. The molecule has 118 valence electrons. The van der Waals surface area contributed by atoms with E-state index in [4.69, 9.17) is 21.1 Å². The number of aromatic nitrogens is 1. The molecule has 0 fully saturated rings. The number of halogens is 2. The molecule has 0 aliphatic carbocycles. The Morgan fingerprint density at radius 2 is 1.96 bits per heavy atom. The number of methoxy groups -OCH3 is 1. The molecule has 3 aromatic rings. The summed E-state index contributed by atoms with van der Waals surface area (Å²) in [5, 5.41) is 1.60. The van der Waals surface area contributed by atoms with E-state index in [-0.39, 0.29) is 0 Å². The highest BCUT2D eigenvalue weighted by atomic mass is 79.9. The Hall–Kier alpha value is -1.78. The van der Waals surface area contributed by atoms with Crippen molar-refractivity contribution < 1.29 is 9.47 Å². The van der Waals surface area contributed by atoms with Crippen LogP contribution in [-0.4, -0.2) is 12.1 Å². The van der Waals surface area contributed by atoms with Gasteiger partial charge in [0.2, 0.25) is 0 Å². The fourth-order valence-electron chi connectivity index (χ4n) is 2.34. The first-order chi connectivity index (χ1) is 11.1. The summed E-state index contributed by atoms with van der Waals surface area (Å²) in [6.07, 6.45) is 0. The fraction of sp³-hybridized carbons (Fsp3) is 0.167. The number of nitrogens with zero attached hydrogens (tertiary/aromatic N) is 1. The van der Waals surface area contributed by atoms with Crippen molar-refractivity contribution in [1.29, 1.82) is 0 Å². The van der Waals surface area contributed by atoms with E-state index in [1.54, 1.807) is 7.11 Å². The van der Waals surface area contributed by atoms with E-state index in [2.05, 4.69) is 20.9 Å². The summed E-state index contributed by atoms with van der Waals surface area (Å²) in [6.45, 7) is 2.38. The lowest BCUT2D eigenvalue weighted by atomic mass is 10.1. The second-order valence-corrected chi connectivity index (χ2v) is 6.44. The molecule has 2 aromatic carbocycles. The van der Waals surface area contributed by atoms with Gasteiger partial charge in [-0.05, 0) is 58.7 Å². The predicted octanol–water partition coefficient (Wildman–Crippen LogP) is 5.55. The van der Waals surface area contributed by atoms with Crippen molar-refractivity contribution in [3.8, 4) is 11.5 Å². The van der Waals surface area contributed by atoms with Crippen molar-refractivity contribution in [3.63, 3.8) is 0 Å². The van der Waals surface area contributed by atoms with Crippen LogP contribution in [0.25, 0.3) is 10.9 Å². The molecule has 0 radical (unpaired) electrons. The molecule has 0 saturated heterocycles. The number of aryl methyl sites for hydroxylation is 1. The monoisotopic (exact) mass is 391 g/mol. The molecule has 0 aliphatic heterocycles. The average molecular weight is 393 g/mol. The Morgan fingerprint density at radius 1 is 1.13 bits per heavy atom. The number of ether oxygens (including phenoxy) is 2. The Balaban J connectivity index is 1.93. The van der Waals surface area contributed by atoms with Crippen LogP contribution in [0.5, 0.6) is 11.5 Å². The first-order valence-corrected chi connectivity index (χ1v) is 8.26. The Morgan fingerprint density at radius 3 is 2.70 bits per heavy atom. The molecule has 0 bridgehead atoms. The minimum Gasteiger partial charge on any atom is -0.497 e. The lowest BCUT2D eigenvalue weighted by molar-refractivity contribution is 0.309. The van der Waals surface area contributed by atoms with E-state index in [0.717, 1.165) is 38.1 Å². The summed E-state index contributed by atoms with van der Waals surface area (Å²) in [4.78, 5) is 4.53. The number of rotatable bonds is 4. The molecule has 1 heterocycles. The molecule has 0 N–H and O–H groups in total. The van der Waals surface area contributed by atoms with E-state index in [1.807, 2.05) is 49.4 Å². The minimum atomic E-state index is 0.433. The number of fused-ring (bicyclic) bond motifs is 1. The van der Waals surface area contributed by atoms with E-state index < -0.39 is 0 Å². The minimum absolute atomic E-state index is 0.433. The van der Waals surface area contributed by atoms with E-state index >= 15 is 0 Å². The van der Waals surface area contributed by atoms with Crippen LogP contribution in [0.2, 0.25) is 5.02 Å². The van der Waals surface area contributed by atoms with Gasteiger partial charge in [-0.2, -0.15) is 0 Å². The van der Waals surface area contributed by atoms with Gasteiger partial charge in [0.1, 0.15) is 18.1 Å². The average Bonchev–Trinajstić information content (AvgIpc) is 2.55. The summed E-state index contributed by atoms with van der Waals surface area (Å²) in [5.41, 5.74) is 2.80. The summed E-state index contributed by atoms with van der Waals surface area (Å²) in [7, 11) is 1.65. The van der Waals surface area contributed by atoms with Crippen molar-refractivity contribution in [2.24, 2.45) is 0 Å². The molecule has 0 unspecified atom stereocenters. The Bertz CT molecular complexity index is 867. The van der Waals surface area contributed by atoms with Crippen LogP contribution in [0.3, 0.4) is 0 Å². The zero-order chi connectivity index (χ0) is 16.4. The molecule has 3 rings (SSSR count). The predicted molar refractivity (Wildman–Crippen MR) is 96.5 cm³/mol. The van der Waals surface area contributed by atoms with Gasteiger partial charge < -0.3 is 9.47 Å². The van der Waals surface area contributed by atoms with Gasteiger partial charge in [-0.3, -0.25) is 4.98 Å². The molecule has 0 aliphatic rings. The molecule has 23 heavy (non-hydrogen) atoms. The van der Waals surface area contributed by atoms with Crippen LogP contribution in [0.15, 0.2) is 46.9 Å². The third-order valence-electron chi connectivity index (χ3n) is 3.48. The van der Waals surface area contributed by atoms with Crippen LogP contribution in [0.1, 0.15) is 11.3 Å². The molecule has 1 aromatic heterocycles. The quantitative estimate of drug-likeness (QED) is 0.583. The highest BCUT2D eigenvalue weighted by molar-refractivity contribution is 9.10. The van der Waals surface area contributed by atoms with Gasteiger partial charge in [0, 0.05) is 21.6 Å². The van der Waals surface area contributed by atoms with Crippen LogP contribution in [-0.2, 0) is 6.61 Å². The van der Waals surface area contributed by atoms with Crippen LogP contribution < -0.4 is 9.47 Å². The van der Waals surface area contributed by atoms with E-state index in [1.165, 1.54) is 0 Å². The van der Waals surface area contributed by atoms with Gasteiger partial charge in [0.25, 0.3) is 0 Å². The molecule has 3 nitrogen and oxygen atoms in total. The first kappa shape index (κ1) is 16.1. The summed E-state index contributed by atoms with van der Waals surface area (Å²) in [5.74, 6) is 1.56. The van der Waals surface area contributed by atoms with Crippen LogP contribution in [0.4, 0.5) is 0 Å². The van der Waals surface area contributed by atoms with Gasteiger partial charge in [0.15, 0.2) is 0 Å². The lowest BCUT2D eigenvalue weighted by Gasteiger charge is -2.12. The lowest BCUT2D eigenvalue weighted by Crippen LogP contribution is -1.98. The van der Waals surface area contributed by atoms with Gasteiger partial charge in [-0.25, -0.2) is 0 Å². The third-order valence-corrected chi connectivity index (χ3v) is 4.72. The maximum atomic E-state index is 6.13. The Labute approximate surface area is 148 Å². The maximum Gasteiger partial charge on any atom is 0.131 e. The summed E-state index contributed by atoms with van der Waals surface area (Å²) >= 11 is 9.51. The zero-order valence-corrected chi connectivity index (χ0v) is 15.1.